The minimum Gasteiger partial charge on any atom is -0.497 e. The number of hydrogen-bond acceptors (Lipinski definition) is 4. The van der Waals surface area contributed by atoms with Crippen LogP contribution in [0, 0.1) is 5.92 Å². The predicted octanol–water partition coefficient (Wildman–Crippen LogP) is 2.49. The number of ether oxygens (including phenoxy) is 3. The molecular weight excluding hydrogens is 294 g/mol. The number of methoxy groups -OCH3 is 1. The van der Waals surface area contributed by atoms with Crippen molar-refractivity contribution in [2.75, 3.05) is 20.3 Å². The van der Waals surface area contributed by atoms with Gasteiger partial charge in [0.25, 0.3) is 0 Å². The van der Waals surface area contributed by atoms with Gasteiger partial charge in [0, 0.05) is 36.4 Å². The highest BCUT2D eigenvalue weighted by Crippen LogP contribution is 2.38. The summed E-state index contributed by atoms with van der Waals surface area (Å²) in [5, 5.41) is 3.06. The van der Waals surface area contributed by atoms with E-state index in [1.807, 2.05) is 18.2 Å². The van der Waals surface area contributed by atoms with Crippen LogP contribution in [0.4, 0.5) is 0 Å². The summed E-state index contributed by atoms with van der Waals surface area (Å²) in [5.41, 5.74) is 1.09. The maximum atomic E-state index is 12.2. The number of amides is 1. The van der Waals surface area contributed by atoms with E-state index >= 15 is 0 Å². The fourth-order valence-electron chi connectivity index (χ4n) is 3.49. The number of carbonyl (C=O) groups is 1. The standard InChI is InChI=1S/C18H25NO4/c1-11-6-13(12(2)23-11)9-19-18(20)7-14-10-22-17-8-15(21-3)4-5-16(14)17/h4-5,8,11-14H,6-7,9-10H2,1-3H3,(H,19,20). The number of hydrogen-bond donors (Lipinski definition) is 1. The number of nitrogens with one attached hydrogen (secondary N) is 1. The van der Waals surface area contributed by atoms with Crippen molar-refractivity contribution >= 4 is 5.91 Å². The lowest BCUT2D eigenvalue weighted by atomic mass is 9.96. The van der Waals surface area contributed by atoms with Crippen molar-refractivity contribution in [3.05, 3.63) is 23.8 Å². The normalized spacial score (nSPS) is 29.0. The van der Waals surface area contributed by atoms with Gasteiger partial charge in [-0.05, 0) is 26.3 Å². The molecule has 1 saturated heterocycles. The van der Waals surface area contributed by atoms with E-state index in [1.54, 1.807) is 7.11 Å². The maximum Gasteiger partial charge on any atom is 0.220 e. The van der Waals surface area contributed by atoms with E-state index in [0.717, 1.165) is 23.5 Å². The van der Waals surface area contributed by atoms with E-state index in [4.69, 9.17) is 14.2 Å². The molecular formula is C18H25NO4. The first-order valence-electron chi connectivity index (χ1n) is 8.29. The second-order valence-electron chi connectivity index (χ2n) is 6.57. The van der Waals surface area contributed by atoms with Crippen molar-refractivity contribution in [2.45, 2.75) is 44.8 Å². The van der Waals surface area contributed by atoms with Crippen LogP contribution < -0.4 is 14.8 Å². The third-order valence-corrected chi connectivity index (χ3v) is 4.84. The molecule has 2 aliphatic rings. The first-order chi connectivity index (χ1) is 11.1. The molecule has 1 aromatic rings. The Bertz CT molecular complexity index is 574. The number of benzene rings is 1. The van der Waals surface area contributed by atoms with Crippen molar-refractivity contribution in [3.8, 4) is 11.5 Å². The van der Waals surface area contributed by atoms with Gasteiger partial charge in [-0.15, -0.1) is 0 Å². The summed E-state index contributed by atoms with van der Waals surface area (Å²) >= 11 is 0. The van der Waals surface area contributed by atoms with E-state index in [1.165, 1.54) is 0 Å². The van der Waals surface area contributed by atoms with Gasteiger partial charge in [0.1, 0.15) is 11.5 Å². The highest BCUT2D eigenvalue weighted by atomic mass is 16.5. The highest BCUT2D eigenvalue weighted by Gasteiger charge is 2.31. The Morgan fingerprint density at radius 3 is 2.91 bits per heavy atom. The van der Waals surface area contributed by atoms with Gasteiger partial charge < -0.3 is 19.5 Å². The molecule has 1 N–H and O–H groups in total. The Balaban J connectivity index is 1.52. The fraction of sp³-hybridized carbons (Fsp3) is 0.611. The molecule has 5 heteroatoms. The Labute approximate surface area is 137 Å². The fourth-order valence-corrected chi connectivity index (χ4v) is 3.49. The summed E-state index contributed by atoms with van der Waals surface area (Å²) < 4.78 is 16.6. The van der Waals surface area contributed by atoms with Crippen LogP contribution in [0.2, 0.25) is 0 Å². The number of carbonyl (C=O) groups excluding carboxylic acids is 1. The van der Waals surface area contributed by atoms with Gasteiger partial charge in [-0.25, -0.2) is 0 Å². The second kappa shape index (κ2) is 6.79. The molecule has 1 aromatic carbocycles. The van der Waals surface area contributed by atoms with E-state index in [2.05, 4.69) is 19.2 Å². The molecule has 2 aliphatic heterocycles. The Kier molecular flexibility index (Phi) is 4.76. The summed E-state index contributed by atoms with van der Waals surface area (Å²) in [5.74, 6) is 2.21. The highest BCUT2D eigenvalue weighted by molar-refractivity contribution is 5.77. The van der Waals surface area contributed by atoms with Gasteiger partial charge in [0.2, 0.25) is 5.91 Å². The topological polar surface area (TPSA) is 56.8 Å². The lowest BCUT2D eigenvalue weighted by Gasteiger charge is -2.15. The number of fused-ring (bicyclic) bond motifs is 1. The van der Waals surface area contributed by atoms with Crippen LogP contribution in [0.25, 0.3) is 0 Å². The molecule has 2 heterocycles. The monoisotopic (exact) mass is 319 g/mol. The average molecular weight is 319 g/mol. The summed E-state index contributed by atoms with van der Waals surface area (Å²) in [6.45, 7) is 5.40. The van der Waals surface area contributed by atoms with Gasteiger partial charge in [-0.2, -0.15) is 0 Å². The van der Waals surface area contributed by atoms with E-state index in [-0.39, 0.29) is 24.0 Å². The first-order valence-corrected chi connectivity index (χ1v) is 8.29. The molecule has 1 amide bonds. The Hall–Kier alpha value is -1.75. The minimum absolute atomic E-state index is 0.0778. The zero-order chi connectivity index (χ0) is 16.4. The lowest BCUT2D eigenvalue weighted by Crippen LogP contribution is -2.32. The molecule has 0 radical (unpaired) electrons. The van der Waals surface area contributed by atoms with Crippen LogP contribution in [0.3, 0.4) is 0 Å². The van der Waals surface area contributed by atoms with Crippen molar-refractivity contribution in [3.63, 3.8) is 0 Å². The van der Waals surface area contributed by atoms with E-state index in [9.17, 15) is 4.79 Å². The van der Waals surface area contributed by atoms with E-state index < -0.39 is 0 Å². The quantitative estimate of drug-likeness (QED) is 0.906. The van der Waals surface area contributed by atoms with Crippen molar-refractivity contribution in [2.24, 2.45) is 5.92 Å². The molecule has 0 aromatic heterocycles. The van der Waals surface area contributed by atoms with E-state index in [0.29, 0.717) is 25.5 Å². The van der Waals surface area contributed by atoms with Crippen LogP contribution >= 0.6 is 0 Å². The van der Waals surface area contributed by atoms with Crippen LogP contribution in [0.5, 0.6) is 11.5 Å². The molecule has 23 heavy (non-hydrogen) atoms. The SMILES string of the molecule is COc1ccc2c(c1)OCC2CC(=O)NCC1CC(C)OC1C. The molecule has 1 fully saturated rings. The first kappa shape index (κ1) is 16.1. The van der Waals surface area contributed by atoms with Gasteiger partial charge in [0.05, 0.1) is 25.9 Å². The summed E-state index contributed by atoms with van der Waals surface area (Å²) in [4.78, 5) is 12.2. The minimum atomic E-state index is 0.0778. The zero-order valence-electron chi connectivity index (χ0n) is 14.0. The smallest absolute Gasteiger partial charge is 0.220 e. The lowest BCUT2D eigenvalue weighted by molar-refractivity contribution is -0.121. The molecule has 5 nitrogen and oxygen atoms in total. The molecule has 4 unspecified atom stereocenters. The van der Waals surface area contributed by atoms with Gasteiger partial charge in [-0.1, -0.05) is 6.07 Å². The Morgan fingerprint density at radius 2 is 2.22 bits per heavy atom. The third-order valence-electron chi connectivity index (χ3n) is 4.84. The summed E-state index contributed by atoms with van der Waals surface area (Å²) in [7, 11) is 1.64. The molecule has 0 aliphatic carbocycles. The zero-order valence-corrected chi connectivity index (χ0v) is 14.0. The van der Waals surface area contributed by atoms with Crippen LogP contribution in [-0.4, -0.2) is 38.4 Å². The molecule has 0 bridgehead atoms. The molecule has 0 spiro atoms. The van der Waals surface area contributed by atoms with Gasteiger partial charge in [-0.3, -0.25) is 4.79 Å². The van der Waals surface area contributed by atoms with Crippen LogP contribution in [0.1, 0.15) is 38.2 Å². The molecule has 126 valence electrons. The van der Waals surface area contributed by atoms with Crippen molar-refractivity contribution in [1.82, 2.24) is 5.32 Å². The predicted molar refractivity (Wildman–Crippen MR) is 87.0 cm³/mol. The van der Waals surface area contributed by atoms with Crippen molar-refractivity contribution < 1.29 is 19.0 Å². The Morgan fingerprint density at radius 1 is 1.39 bits per heavy atom. The van der Waals surface area contributed by atoms with Gasteiger partial charge in [0.15, 0.2) is 0 Å². The molecule has 0 saturated carbocycles. The van der Waals surface area contributed by atoms with Crippen LogP contribution in [-0.2, 0) is 9.53 Å². The largest absolute Gasteiger partial charge is 0.497 e. The molecule has 4 atom stereocenters. The average Bonchev–Trinajstić information content (AvgIpc) is 3.07. The van der Waals surface area contributed by atoms with Crippen LogP contribution in [0.15, 0.2) is 18.2 Å². The van der Waals surface area contributed by atoms with Crippen molar-refractivity contribution in [1.29, 1.82) is 0 Å². The summed E-state index contributed by atoms with van der Waals surface area (Å²) in [6, 6.07) is 5.79. The van der Waals surface area contributed by atoms with Gasteiger partial charge >= 0.3 is 0 Å². The molecule has 3 rings (SSSR count). The number of rotatable bonds is 5. The third kappa shape index (κ3) is 3.61. The second-order valence-corrected chi connectivity index (χ2v) is 6.57. The maximum absolute atomic E-state index is 12.2. The summed E-state index contributed by atoms with van der Waals surface area (Å²) in [6.07, 6.45) is 1.97.